The van der Waals surface area contributed by atoms with E-state index in [9.17, 15) is 4.79 Å². The smallest absolute Gasteiger partial charge is 0.276 e. The zero-order valence-corrected chi connectivity index (χ0v) is 12.2. The number of aromatic nitrogens is 2. The van der Waals surface area contributed by atoms with Crippen molar-refractivity contribution in [2.24, 2.45) is 0 Å². The number of nitrogens with zero attached hydrogens (tertiary/aromatic N) is 3. The summed E-state index contributed by atoms with van der Waals surface area (Å²) in [6.45, 7) is 0.324. The van der Waals surface area contributed by atoms with Crippen LogP contribution in [0.15, 0.2) is 30.6 Å². The Morgan fingerprint density at radius 2 is 2.00 bits per heavy atom. The molecule has 1 aromatic heterocycles. The van der Waals surface area contributed by atoms with Gasteiger partial charge in [0.05, 0.1) is 0 Å². The molecule has 2 N–H and O–H groups in total. The van der Waals surface area contributed by atoms with Crippen molar-refractivity contribution < 1.29 is 4.79 Å². The number of benzene rings is 1. The van der Waals surface area contributed by atoms with Crippen LogP contribution in [0.5, 0.6) is 0 Å². The van der Waals surface area contributed by atoms with Crippen molar-refractivity contribution in [3.8, 4) is 0 Å². The predicted octanol–water partition coefficient (Wildman–Crippen LogP) is 2.64. The van der Waals surface area contributed by atoms with E-state index in [-0.39, 0.29) is 17.4 Å². The number of rotatable bonds is 3. The molecule has 0 bridgehead atoms. The second-order valence-electron chi connectivity index (χ2n) is 4.19. The van der Waals surface area contributed by atoms with Gasteiger partial charge in [-0.3, -0.25) is 4.79 Å². The summed E-state index contributed by atoms with van der Waals surface area (Å²) >= 11 is 11.9. The van der Waals surface area contributed by atoms with E-state index in [0.717, 1.165) is 5.56 Å². The van der Waals surface area contributed by atoms with Crippen LogP contribution < -0.4 is 5.73 Å². The second-order valence-corrected chi connectivity index (χ2v) is 5.03. The van der Waals surface area contributed by atoms with Gasteiger partial charge in [-0.05, 0) is 17.7 Å². The van der Waals surface area contributed by atoms with E-state index in [4.69, 9.17) is 28.9 Å². The minimum absolute atomic E-state index is 0.103. The highest BCUT2D eigenvalue weighted by Crippen LogP contribution is 2.22. The SMILES string of the molecule is CN(Cc1ccc(Cl)cc1Cl)C(=O)c1nccnc1N. The van der Waals surface area contributed by atoms with Gasteiger partial charge in [-0.25, -0.2) is 9.97 Å². The lowest BCUT2D eigenvalue weighted by atomic mass is 10.2. The van der Waals surface area contributed by atoms with Crippen molar-refractivity contribution in [1.29, 1.82) is 0 Å². The molecule has 7 heteroatoms. The molecule has 20 heavy (non-hydrogen) atoms. The summed E-state index contributed by atoms with van der Waals surface area (Å²) in [5, 5.41) is 1.05. The summed E-state index contributed by atoms with van der Waals surface area (Å²) in [5.74, 6) is -0.215. The van der Waals surface area contributed by atoms with Crippen molar-refractivity contribution in [1.82, 2.24) is 14.9 Å². The van der Waals surface area contributed by atoms with Crippen molar-refractivity contribution in [2.75, 3.05) is 12.8 Å². The number of hydrogen-bond donors (Lipinski definition) is 1. The van der Waals surface area contributed by atoms with E-state index in [1.54, 1.807) is 25.2 Å². The lowest BCUT2D eigenvalue weighted by Gasteiger charge is -2.18. The quantitative estimate of drug-likeness (QED) is 0.946. The third kappa shape index (κ3) is 3.18. The fraction of sp³-hybridized carbons (Fsp3) is 0.154. The molecule has 1 heterocycles. The average Bonchev–Trinajstić information content (AvgIpc) is 2.41. The number of nitrogens with two attached hydrogens (primary N) is 1. The summed E-state index contributed by atoms with van der Waals surface area (Å²) in [7, 11) is 1.64. The van der Waals surface area contributed by atoms with Gasteiger partial charge in [0.1, 0.15) is 0 Å². The first-order valence-electron chi connectivity index (χ1n) is 5.75. The Morgan fingerprint density at radius 1 is 1.30 bits per heavy atom. The summed E-state index contributed by atoms with van der Waals surface area (Å²) in [6.07, 6.45) is 2.86. The van der Waals surface area contributed by atoms with Gasteiger partial charge in [0.25, 0.3) is 5.91 Å². The van der Waals surface area contributed by atoms with Crippen LogP contribution in [-0.4, -0.2) is 27.8 Å². The first-order chi connectivity index (χ1) is 9.49. The molecule has 5 nitrogen and oxygen atoms in total. The molecule has 104 valence electrons. The molecular formula is C13H12Cl2N4O. The molecule has 1 amide bonds. The third-order valence-electron chi connectivity index (χ3n) is 2.70. The normalized spacial score (nSPS) is 10.3. The van der Waals surface area contributed by atoms with Gasteiger partial charge in [-0.15, -0.1) is 0 Å². The third-order valence-corrected chi connectivity index (χ3v) is 3.29. The lowest BCUT2D eigenvalue weighted by molar-refractivity contribution is 0.0780. The lowest BCUT2D eigenvalue weighted by Crippen LogP contribution is -2.28. The summed E-state index contributed by atoms with van der Waals surface area (Å²) in [6, 6.07) is 5.12. The van der Waals surface area contributed by atoms with E-state index >= 15 is 0 Å². The Morgan fingerprint density at radius 3 is 2.65 bits per heavy atom. The van der Waals surface area contributed by atoms with Crippen LogP contribution >= 0.6 is 23.2 Å². The maximum Gasteiger partial charge on any atom is 0.276 e. The molecule has 0 aliphatic rings. The van der Waals surface area contributed by atoms with E-state index in [2.05, 4.69) is 9.97 Å². The van der Waals surface area contributed by atoms with Crippen LogP contribution in [0, 0.1) is 0 Å². The fourth-order valence-corrected chi connectivity index (χ4v) is 2.14. The number of anilines is 1. The maximum absolute atomic E-state index is 12.2. The Kier molecular flexibility index (Phi) is 4.42. The molecule has 0 unspecified atom stereocenters. The molecular weight excluding hydrogens is 299 g/mol. The van der Waals surface area contributed by atoms with Crippen LogP contribution in [-0.2, 0) is 6.54 Å². The van der Waals surface area contributed by atoms with Crippen LogP contribution in [0.2, 0.25) is 10.0 Å². The molecule has 0 fully saturated rings. The van der Waals surface area contributed by atoms with Crippen LogP contribution in [0.4, 0.5) is 5.82 Å². The Bertz CT molecular complexity index is 648. The number of amides is 1. The molecule has 2 rings (SSSR count). The van der Waals surface area contributed by atoms with Crippen molar-refractivity contribution in [3.63, 3.8) is 0 Å². The van der Waals surface area contributed by atoms with Crippen molar-refractivity contribution in [2.45, 2.75) is 6.54 Å². The van der Waals surface area contributed by atoms with E-state index in [1.165, 1.54) is 17.3 Å². The molecule has 0 atom stereocenters. The molecule has 1 aromatic carbocycles. The molecule has 0 aliphatic heterocycles. The largest absolute Gasteiger partial charge is 0.382 e. The van der Waals surface area contributed by atoms with Crippen LogP contribution in [0.1, 0.15) is 16.1 Å². The number of carbonyl (C=O) groups is 1. The van der Waals surface area contributed by atoms with Gasteiger partial charge in [0.2, 0.25) is 0 Å². The summed E-state index contributed by atoms with van der Waals surface area (Å²) in [5.41, 5.74) is 6.55. The van der Waals surface area contributed by atoms with Crippen LogP contribution in [0.25, 0.3) is 0 Å². The Balaban J connectivity index is 2.18. The molecule has 0 radical (unpaired) electrons. The van der Waals surface area contributed by atoms with E-state index < -0.39 is 0 Å². The van der Waals surface area contributed by atoms with Gasteiger partial charge in [0, 0.05) is 36.0 Å². The van der Waals surface area contributed by atoms with Gasteiger partial charge in [-0.1, -0.05) is 29.3 Å². The number of halogens is 2. The fourth-order valence-electron chi connectivity index (χ4n) is 1.67. The highest BCUT2D eigenvalue weighted by molar-refractivity contribution is 6.35. The van der Waals surface area contributed by atoms with Crippen LogP contribution in [0.3, 0.4) is 0 Å². The van der Waals surface area contributed by atoms with E-state index in [0.29, 0.717) is 16.6 Å². The molecule has 0 saturated carbocycles. The summed E-state index contributed by atoms with van der Waals surface area (Å²) in [4.78, 5) is 21.5. The van der Waals surface area contributed by atoms with E-state index in [1.807, 2.05) is 0 Å². The standard InChI is InChI=1S/C13H12Cl2N4O/c1-19(7-8-2-3-9(14)6-10(8)15)13(20)11-12(16)18-5-4-17-11/h2-6H,7H2,1H3,(H2,16,18). The van der Waals surface area contributed by atoms with Crippen molar-refractivity contribution in [3.05, 3.63) is 51.9 Å². The van der Waals surface area contributed by atoms with Gasteiger partial charge < -0.3 is 10.6 Å². The topological polar surface area (TPSA) is 72.1 Å². The molecule has 0 saturated heterocycles. The number of hydrogen-bond acceptors (Lipinski definition) is 4. The molecule has 2 aromatic rings. The Hall–Kier alpha value is -1.85. The number of carbonyl (C=O) groups excluding carboxylic acids is 1. The van der Waals surface area contributed by atoms with Gasteiger partial charge in [-0.2, -0.15) is 0 Å². The average molecular weight is 311 g/mol. The minimum atomic E-state index is -0.318. The predicted molar refractivity (Wildman–Crippen MR) is 78.7 cm³/mol. The Labute approximate surface area is 126 Å². The maximum atomic E-state index is 12.2. The highest BCUT2D eigenvalue weighted by atomic mass is 35.5. The number of nitrogen functional groups attached to an aromatic ring is 1. The van der Waals surface area contributed by atoms with Crippen molar-refractivity contribution >= 4 is 34.9 Å². The highest BCUT2D eigenvalue weighted by Gasteiger charge is 2.17. The summed E-state index contributed by atoms with van der Waals surface area (Å²) < 4.78 is 0. The second kappa shape index (κ2) is 6.07. The monoisotopic (exact) mass is 310 g/mol. The zero-order chi connectivity index (χ0) is 14.7. The molecule has 0 spiro atoms. The van der Waals surface area contributed by atoms with Gasteiger partial charge in [0.15, 0.2) is 11.5 Å². The zero-order valence-electron chi connectivity index (χ0n) is 10.7. The first-order valence-corrected chi connectivity index (χ1v) is 6.50. The minimum Gasteiger partial charge on any atom is -0.382 e. The molecule has 0 aliphatic carbocycles. The van der Waals surface area contributed by atoms with Gasteiger partial charge >= 0.3 is 0 Å². The first kappa shape index (κ1) is 14.6.